The lowest BCUT2D eigenvalue weighted by Crippen LogP contribution is -2.40. The van der Waals surface area contributed by atoms with Gasteiger partial charge in [-0.05, 0) is 44.0 Å². The van der Waals surface area contributed by atoms with E-state index in [0.717, 1.165) is 30.7 Å². The lowest BCUT2D eigenvalue weighted by molar-refractivity contribution is 0.0532. The Morgan fingerprint density at radius 2 is 2.32 bits per heavy atom. The Balaban J connectivity index is 1.76. The van der Waals surface area contributed by atoms with Crippen molar-refractivity contribution in [3.63, 3.8) is 0 Å². The number of aliphatic hydroxyl groups is 2. The molecule has 19 heavy (non-hydrogen) atoms. The Morgan fingerprint density at radius 3 is 3.05 bits per heavy atom. The lowest BCUT2D eigenvalue weighted by atomic mass is 10.2. The highest BCUT2D eigenvalue weighted by Crippen LogP contribution is 2.17. The van der Waals surface area contributed by atoms with Crippen molar-refractivity contribution in [1.82, 2.24) is 4.90 Å². The fourth-order valence-corrected chi connectivity index (χ4v) is 2.56. The third-order valence-corrected chi connectivity index (χ3v) is 3.59. The molecule has 1 fully saturated rings. The first-order chi connectivity index (χ1) is 9.19. The Labute approximate surface area is 114 Å². The van der Waals surface area contributed by atoms with Crippen LogP contribution in [-0.4, -0.2) is 53.6 Å². The van der Waals surface area contributed by atoms with Crippen molar-refractivity contribution in [3.8, 4) is 5.75 Å². The van der Waals surface area contributed by atoms with Crippen molar-refractivity contribution in [2.75, 3.05) is 26.3 Å². The molecular weight excluding hydrogens is 242 g/mol. The molecule has 4 nitrogen and oxygen atoms in total. The number of hydrogen-bond donors (Lipinski definition) is 2. The second-order valence-electron chi connectivity index (χ2n) is 5.25. The third kappa shape index (κ3) is 4.20. The molecule has 2 rings (SSSR count). The summed E-state index contributed by atoms with van der Waals surface area (Å²) in [5.41, 5.74) is 1.15. The van der Waals surface area contributed by atoms with E-state index in [-0.39, 0.29) is 19.3 Å². The second-order valence-corrected chi connectivity index (χ2v) is 5.25. The maximum atomic E-state index is 10.0. The summed E-state index contributed by atoms with van der Waals surface area (Å²) in [5, 5.41) is 19.2. The van der Waals surface area contributed by atoms with E-state index < -0.39 is 6.10 Å². The minimum Gasteiger partial charge on any atom is -0.491 e. The highest BCUT2D eigenvalue weighted by molar-refractivity contribution is 5.27. The molecule has 1 unspecified atom stereocenters. The summed E-state index contributed by atoms with van der Waals surface area (Å²) >= 11 is 0. The van der Waals surface area contributed by atoms with E-state index in [2.05, 4.69) is 4.90 Å². The molecule has 1 heterocycles. The number of β-amino-alcohol motifs (C(OH)–C–C–N with tert-alkyl or cyclic N) is 1. The molecule has 1 aliphatic heterocycles. The zero-order valence-electron chi connectivity index (χ0n) is 11.5. The molecule has 0 spiro atoms. The summed E-state index contributed by atoms with van der Waals surface area (Å²) < 4.78 is 5.59. The van der Waals surface area contributed by atoms with Crippen LogP contribution in [0.25, 0.3) is 0 Å². The number of aliphatic hydroxyl groups excluding tert-OH is 2. The number of rotatable bonds is 6. The van der Waals surface area contributed by atoms with Crippen LogP contribution in [0, 0.1) is 6.92 Å². The van der Waals surface area contributed by atoms with E-state index in [1.165, 1.54) is 0 Å². The number of hydrogen-bond acceptors (Lipinski definition) is 4. The van der Waals surface area contributed by atoms with Gasteiger partial charge in [0.05, 0.1) is 6.61 Å². The first-order valence-electron chi connectivity index (χ1n) is 6.91. The highest BCUT2D eigenvalue weighted by Gasteiger charge is 2.25. The van der Waals surface area contributed by atoms with Crippen molar-refractivity contribution in [3.05, 3.63) is 29.8 Å². The Hall–Kier alpha value is -1.10. The maximum Gasteiger partial charge on any atom is 0.119 e. The van der Waals surface area contributed by atoms with E-state index in [1.807, 2.05) is 31.2 Å². The first-order valence-corrected chi connectivity index (χ1v) is 6.91. The molecule has 0 saturated carbocycles. The summed E-state index contributed by atoms with van der Waals surface area (Å²) in [6, 6.07) is 8.01. The molecule has 106 valence electrons. The zero-order valence-corrected chi connectivity index (χ0v) is 11.5. The third-order valence-electron chi connectivity index (χ3n) is 3.59. The van der Waals surface area contributed by atoms with Crippen LogP contribution in [-0.2, 0) is 0 Å². The summed E-state index contributed by atoms with van der Waals surface area (Å²) in [7, 11) is 0. The van der Waals surface area contributed by atoms with Gasteiger partial charge in [0.25, 0.3) is 0 Å². The standard InChI is InChI=1S/C15H23NO3/c1-12-4-2-6-15(8-12)19-11-14(18)9-16-7-3-5-13(16)10-17/h2,4,6,8,13-14,17-18H,3,5,7,9-11H2,1H3/t13-,14?/m1/s1. The minimum absolute atomic E-state index is 0.172. The van der Waals surface area contributed by atoms with E-state index in [9.17, 15) is 10.2 Å². The maximum absolute atomic E-state index is 10.0. The van der Waals surface area contributed by atoms with E-state index in [0.29, 0.717) is 6.54 Å². The first kappa shape index (κ1) is 14.3. The summed E-state index contributed by atoms with van der Waals surface area (Å²) in [5.74, 6) is 0.791. The van der Waals surface area contributed by atoms with Gasteiger partial charge in [0, 0.05) is 12.6 Å². The number of aryl methyl sites for hydroxylation is 1. The molecule has 0 amide bonds. The number of benzene rings is 1. The Kier molecular flexibility index (Phi) is 5.19. The number of ether oxygens (including phenoxy) is 1. The highest BCUT2D eigenvalue weighted by atomic mass is 16.5. The summed E-state index contributed by atoms with van der Waals surface area (Å²) in [4.78, 5) is 2.14. The predicted octanol–water partition coefficient (Wildman–Crippen LogP) is 1.19. The average molecular weight is 265 g/mol. The molecule has 2 N–H and O–H groups in total. The molecular formula is C15H23NO3. The Morgan fingerprint density at radius 1 is 1.47 bits per heavy atom. The minimum atomic E-state index is -0.521. The fourth-order valence-electron chi connectivity index (χ4n) is 2.56. The van der Waals surface area contributed by atoms with Gasteiger partial charge in [0.1, 0.15) is 18.5 Å². The quantitative estimate of drug-likeness (QED) is 0.811. The van der Waals surface area contributed by atoms with Crippen molar-refractivity contribution in [1.29, 1.82) is 0 Å². The molecule has 2 atom stereocenters. The van der Waals surface area contributed by atoms with Gasteiger partial charge >= 0.3 is 0 Å². The lowest BCUT2D eigenvalue weighted by Gasteiger charge is -2.25. The fraction of sp³-hybridized carbons (Fsp3) is 0.600. The molecule has 0 radical (unpaired) electrons. The van der Waals surface area contributed by atoms with Gasteiger partial charge < -0.3 is 14.9 Å². The van der Waals surface area contributed by atoms with Gasteiger partial charge in [-0.2, -0.15) is 0 Å². The molecule has 0 bridgehead atoms. The normalized spacial score (nSPS) is 21.5. The van der Waals surface area contributed by atoms with Crippen LogP contribution in [0.5, 0.6) is 5.75 Å². The zero-order chi connectivity index (χ0) is 13.7. The number of nitrogens with zero attached hydrogens (tertiary/aromatic N) is 1. The molecule has 4 heteroatoms. The SMILES string of the molecule is Cc1cccc(OCC(O)CN2CCC[C@@H]2CO)c1. The van der Waals surface area contributed by atoms with Crippen LogP contribution in [0.2, 0.25) is 0 Å². The molecule has 0 aliphatic carbocycles. The van der Waals surface area contributed by atoms with Crippen LogP contribution < -0.4 is 4.74 Å². The van der Waals surface area contributed by atoms with Gasteiger partial charge in [0.15, 0.2) is 0 Å². The second kappa shape index (κ2) is 6.89. The smallest absolute Gasteiger partial charge is 0.119 e. The van der Waals surface area contributed by atoms with Crippen LogP contribution in [0.4, 0.5) is 0 Å². The van der Waals surface area contributed by atoms with Gasteiger partial charge in [-0.1, -0.05) is 12.1 Å². The monoisotopic (exact) mass is 265 g/mol. The van der Waals surface area contributed by atoms with E-state index in [4.69, 9.17) is 4.74 Å². The van der Waals surface area contributed by atoms with Gasteiger partial charge in [-0.15, -0.1) is 0 Å². The van der Waals surface area contributed by atoms with Crippen molar-refractivity contribution >= 4 is 0 Å². The predicted molar refractivity (Wildman–Crippen MR) is 74.4 cm³/mol. The van der Waals surface area contributed by atoms with Crippen LogP contribution in [0.3, 0.4) is 0 Å². The van der Waals surface area contributed by atoms with Gasteiger partial charge in [0.2, 0.25) is 0 Å². The Bertz CT molecular complexity index is 397. The van der Waals surface area contributed by atoms with Crippen molar-refractivity contribution < 1.29 is 14.9 Å². The van der Waals surface area contributed by atoms with Crippen molar-refractivity contribution in [2.24, 2.45) is 0 Å². The number of likely N-dealkylation sites (tertiary alicyclic amines) is 1. The molecule has 0 aromatic heterocycles. The van der Waals surface area contributed by atoms with Crippen molar-refractivity contribution in [2.45, 2.75) is 31.9 Å². The molecule has 1 aromatic rings. The van der Waals surface area contributed by atoms with Crippen LogP contribution in [0.1, 0.15) is 18.4 Å². The largest absolute Gasteiger partial charge is 0.491 e. The molecule has 1 aromatic carbocycles. The van der Waals surface area contributed by atoms with Crippen LogP contribution in [0.15, 0.2) is 24.3 Å². The topological polar surface area (TPSA) is 52.9 Å². The molecule has 1 aliphatic rings. The summed E-state index contributed by atoms with van der Waals surface area (Å²) in [6.07, 6.45) is 1.59. The molecule has 1 saturated heterocycles. The average Bonchev–Trinajstić information content (AvgIpc) is 2.84. The van der Waals surface area contributed by atoms with E-state index >= 15 is 0 Å². The van der Waals surface area contributed by atoms with Gasteiger partial charge in [-0.3, -0.25) is 4.90 Å². The van der Waals surface area contributed by atoms with Gasteiger partial charge in [-0.25, -0.2) is 0 Å². The summed E-state index contributed by atoms with van der Waals surface area (Å²) in [6.45, 7) is 3.99. The van der Waals surface area contributed by atoms with E-state index in [1.54, 1.807) is 0 Å². The van der Waals surface area contributed by atoms with Crippen LogP contribution >= 0.6 is 0 Å².